The number of nitrogens with one attached hydrogen (secondary N) is 2. The average molecular weight is 538 g/mol. The summed E-state index contributed by atoms with van der Waals surface area (Å²) < 4.78 is 12.6. The second kappa shape index (κ2) is 9.21. The number of methoxy groups -OCH3 is 1. The molecular formula is C23H23BrCl2N4O2. The monoisotopic (exact) mass is 536 g/mol. The van der Waals surface area contributed by atoms with Crippen molar-refractivity contribution in [1.82, 2.24) is 15.3 Å². The van der Waals surface area contributed by atoms with Crippen LogP contribution in [-0.4, -0.2) is 36.8 Å². The molecule has 1 aliphatic carbocycles. The van der Waals surface area contributed by atoms with Crippen LogP contribution >= 0.6 is 39.1 Å². The van der Waals surface area contributed by atoms with E-state index >= 15 is 0 Å². The van der Waals surface area contributed by atoms with Crippen LogP contribution < -0.4 is 20.1 Å². The quantitative estimate of drug-likeness (QED) is 0.371. The molecule has 2 heterocycles. The number of nitrogens with zero attached hydrogens (tertiary/aromatic N) is 2. The molecule has 3 atom stereocenters. The molecule has 0 amide bonds. The van der Waals surface area contributed by atoms with Crippen LogP contribution in [0, 0.1) is 17.8 Å². The zero-order chi connectivity index (χ0) is 22.2. The average Bonchev–Trinajstić information content (AvgIpc) is 3.39. The van der Waals surface area contributed by atoms with Crippen molar-refractivity contribution in [3.8, 4) is 11.5 Å². The molecule has 2 aromatic carbocycles. The van der Waals surface area contributed by atoms with E-state index in [4.69, 9.17) is 32.7 Å². The lowest BCUT2D eigenvalue weighted by atomic mass is 10.0. The van der Waals surface area contributed by atoms with Crippen molar-refractivity contribution in [2.75, 3.05) is 32.1 Å². The first-order valence-electron chi connectivity index (χ1n) is 10.6. The van der Waals surface area contributed by atoms with Crippen LogP contribution in [0.15, 0.2) is 35.1 Å². The summed E-state index contributed by atoms with van der Waals surface area (Å²) in [7, 11) is 1.64. The summed E-state index contributed by atoms with van der Waals surface area (Å²) >= 11 is 16.1. The topological polar surface area (TPSA) is 68.3 Å². The Morgan fingerprint density at radius 1 is 1.09 bits per heavy atom. The van der Waals surface area contributed by atoms with E-state index in [2.05, 4.69) is 36.5 Å². The molecule has 0 bridgehead atoms. The van der Waals surface area contributed by atoms with E-state index in [0.29, 0.717) is 45.6 Å². The first kappa shape index (κ1) is 22.0. The molecule has 168 valence electrons. The highest BCUT2D eigenvalue weighted by atomic mass is 79.9. The Hall–Kier alpha value is -1.80. The van der Waals surface area contributed by atoms with Gasteiger partial charge in [0.1, 0.15) is 12.1 Å². The molecule has 1 saturated carbocycles. The van der Waals surface area contributed by atoms with Crippen molar-refractivity contribution in [2.45, 2.75) is 12.8 Å². The van der Waals surface area contributed by atoms with Gasteiger partial charge in [0.2, 0.25) is 0 Å². The molecule has 0 spiro atoms. The third-order valence-electron chi connectivity index (χ3n) is 6.44. The van der Waals surface area contributed by atoms with Crippen LogP contribution in [0.1, 0.15) is 12.8 Å². The SMILES string of the molecule is COc1cc2c(Nc3ccc(Br)c(Cl)c3Cl)ncnc2cc1OC[C@H]1C[C@H]2CNC[C@H]2C1. The zero-order valence-corrected chi connectivity index (χ0v) is 20.6. The lowest BCUT2D eigenvalue weighted by Gasteiger charge is -2.17. The highest BCUT2D eigenvalue weighted by molar-refractivity contribution is 9.10. The second-order valence-corrected chi connectivity index (χ2v) is 10.0. The van der Waals surface area contributed by atoms with E-state index in [1.54, 1.807) is 7.11 Å². The lowest BCUT2D eigenvalue weighted by Crippen LogP contribution is -2.15. The number of anilines is 2. The van der Waals surface area contributed by atoms with Gasteiger partial charge in [0, 0.05) is 15.9 Å². The van der Waals surface area contributed by atoms with E-state index < -0.39 is 0 Å². The maximum Gasteiger partial charge on any atom is 0.163 e. The number of aromatic nitrogens is 2. The van der Waals surface area contributed by atoms with Crippen LogP contribution in [0.5, 0.6) is 11.5 Å². The molecule has 5 rings (SSSR count). The molecule has 32 heavy (non-hydrogen) atoms. The number of rotatable bonds is 6. The van der Waals surface area contributed by atoms with Crippen molar-refractivity contribution in [2.24, 2.45) is 17.8 Å². The molecule has 3 aromatic rings. The lowest BCUT2D eigenvalue weighted by molar-refractivity contribution is 0.234. The summed E-state index contributed by atoms with van der Waals surface area (Å²) in [5.41, 5.74) is 1.41. The number of benzene rings is 2. The predicted octanol–water partition coefficient (Wildman–Crippen LogP) is 6.08. The van der Waals surface area contributed by atoms with Crippen molar-refractivity contribution in [1.29, 1.82) is 0 Å². The third kappa shape index (κ3) is 4.23. The summed E-state index contributed by atoms with van der Waals surface area (Å²) in [6.07, 6.45) is 3.96. The summed E-state index contributed by atoms with van der Waals surface area (Å²) in [5.74, 6) is 4.13. The molecule has 1 saturated heterocycles. The Bertz CT molecular complexity index is 1150. The third-order valence-corrected chi connectivity index (χ3v) is 8.21. The van der Waals surface area contributed by atoms with Gasteiger partial charge in [-0.05, 0) is 77.8 Å². The van der Waals surface area contributed by atoms with E-state index in [1.165, 1.54) is 19.2 Å². The van der Waals surface area contributed by atoms with Crippen molar-refractivity contribution in [3.05, 3.63) is 45.1 Å². The van der Waals surface area contributed by atoms with Gasteiger partial charge in [-0.2, -0.15) is 0 Å². The Labute approximate surface area is 205 Å². The summed E-state index contributed by atoms with van der Waals surface area (Å²) in [6.45, 7) is 2.97. The maximum absolute atomic E-state index is 6.41. The van der Waals surface area contributed by atoms with Gasteiger partial charge in [0.05, 0.1) is 35.0 Å². The molecule has 6 nitrogen and oxygen atoms in total. The molecule has 2 fully saturated rings. The zero-order valence-electron chi connectivity index (χ0n) is 17.5. The minimum Gasteiger partial charge on any atom is -0.493 e. The van der Waals surface area contributed by atoms with Crippen LogP contribution in [0.25, 0.3) is 10.9 Å². The number of halogens is 3. The molecular weight excluding hydrogens is 515 g/mol. The molecule has 1 aromatic heterocycles. The number of hydrogen-bond donors (Lipinski definition) is 2. The van der Waals surface area contributed by atoms with E-state index in [-0.39, 0.29) is 0 Å². The van der Waals surface area contributed by atoms with Gasteiger partial charge in [0.15, 0.2) is 11.5 Å². The maximum atomic E-state index is 6.41. The van der Waals surface area contributed by atoms with Crippen molar-refractivity contribution in [3.63, 3.8) is 0 Å². The second-order valence-electron chi connectivity index (χ2n) is 8.42. The van der Waals surface area contributed by atoms with Crippen molar-refractivity contribution >= 4 is 61.5 Å². The Balaban J connectivity index is 1.39. The molecule has 0 unspecified atom stereocenters. The molecule has 2 N–H and O–H groups in total. The highest BCUT2D eigenvalue weighted by Gasteiger charge is 2.37. The Morgan fingerprint density at radius 3 is 2.62 bits per heavy atom. The van der Waals surface area contributed by atoms with Crippen LogP contribution in [-0.2, 0) is 0 Å². The fraction of sp³-hybridized carbons (Fsp3) is 0.391. The highest BCUT2D eigenvalue weighted by Crippen LogP contribution is 2.41. The van der Waals surface area contributed by atoms with Crippen molar-refractivity contribution < 1.29 is 9.47 Å². The first-order chi connectivity index (χ1) is 15.5. The summed E-state index contributed by atoms with van der Waals surface area (Å²) in [5, 5.41) is 8.41. The van der Waals surface area contributed by atoms with E-state index in [0.717, 1.165) is 40.3 Å². The van der Waals surface area contributed by atoms with Crippen LogP contribution in [0.4, 0.5) is 11.5 Å². The summed E-state index contributed by atoms with van der Waals surface area (Å²) in [4.78, 5) is 8.84. The fourth-order valence-electron chi connectivity index (χ4n) is 4.82. The van der Waals surface area contributed by atoms with Gasteiger partial charge in [0.25, 0.3) is 0 Å². The fourth-order valence-corrected chi connectivity index (χ4v) is 5.64. The largest absolute Gasteiger partial charge is 0.493 e. The van der Waals surface area contributed by atoms with Gasteiger partial charge in [-0.1, -0.05) is 23.2 Å². The van der Waals surface area contributed by atoms with Gasteiger partial charge in [-0.3, -0.25) is 0 Å². The summed E-state index contributed by atoms with van der Waals surface area (Å²) in [6, 6.07) is 7.48. The molecule has 0 radical (unpaired) electrons. The first-order valence-corrected chi connectivity index (χ1v) is 12.1. The smallest absolute Gasteiger partial charge is 0.163 e. The normalized spacial score (nSPS) is 22.2. The number of ether oxygens (including phenoxy) is 2. The van der Waals surface area contributed by atoms with E-state index in [1.807, 2.05) is 24.3 Å². The minimum absolute atomic E-state index is 0.413. The van der Waals surface area contributed by atoms with Crippen LogP contribution in [0.2, 0.25) is 10.0 Å². The Kier molecular flexibility index (Phi) is 6.34. The standard InChI is InChI=1S/C23H23BrCl2N4O2/c1-31-19-6-15-18(7-20(19)32-10-12-4-13-8-27-9-14(13)5-12)28-11-29-23(15)30-17-3-2-16(24)21(25)22(17)26/h2-3,6-7,11-14,27H,4-5,8-10H2,1H3,(H,28,29,30)/t12-,13-,14+. The molecule has 2 aliphatic rings. The van der Waals surface area contributed by atoms with Gasteiger partial charge in [-0.25, -0.2) is 9.97 Å². The molecule has 9 heteroatoms. The van der Waals surface area contributed by atoms with Gasteiger partial charge in [-0.15, -0.1) is 0 Å². The van der Waals surface area contributed by atoms with Gasteiger partial charge < -0.3 is 20.1 Å². The molecule has 1 aliphatic heterocycles. The number of hydrogen-bond acceptors (Lipinski definition) is 6. The van der Waals surface area contributed by atoms with E-state index in [9.17, 15) is 0 Å². The Morgan fingerprint density at radius 2 is 1.88 bits per heavy atom. The van der Waals surface area contributed by atoms with Gasteiger partial charge >= 0.3 is 0 Å². The predicted molar refractivity (Wildman–Crippen MR) is 132 cm³/mol. The number of fused-ring (bicyclic) bond motifs is 2. The minimum atomic E-state index is 0.413. The van der Waals surface area contributed by atoms with Crippen LogP contribution in [0.3, 0.4) is 0 Å².